The number of benzene rings is 2. The molecular weight excluding hydrogens is 284 g/mol. The van der Waals surface area contributed by atoms with E-state index in [1.807, 2.05) is 18.2 Å². The summed E-state index contributed by atoms with van der Waals surface area (Å²) >= 11 is 0. The second-order valence-corrected chi connectivity index (χ2v) is 4.51. The molecule has 0 saturated carbocycles. The molecule has 0 aliphatic carbocycles. The number of nitrogen functional groups attached to an aromatic ring is 1. The Hall–Kier alpha value is -3.02. The average Bonchev–Trinajstić information content (AvgIpc) is 2.53. The van der Waals surface area contributed by atoms with E-state index in [9.17, 15) is 10.1 Å². The van der Waals surface area contributed by atoms with Gasteiger partial charge in [0.25, 0.3) is 5.69 Å². The standard InChI is InChI=1S/C16H16N2O4/c1-21-14-8-6-12(16(10-14)22-2)4-3-11-5-7-13(18(19)20)9-15(11)17/h3-10H,17H2,1-2H3/b4-3+. The van der Waals surface area contributed by atoms with Crippen molar-refractivity contribution >= 4 is 23.5 Å². The Morgan fingerprint density at radius 1 is 1.05 bits per heavy atom. The number of non-ortho nitro benzene ring substituents is 1. The van der Waals surface area contributed by atoms with Crippen molar-refractivity contribution in [2.75, 3.05) is 20.0 Å². The van der Waals surface area contributed by atoms with Crippen molar-refractivity contribution in [1.82, 2.24) is 0 Å². The van der Waals surface area contributed by atoms with Gasteiger partial charge in [-0.05, 0) is 23.8 Å². The zero-order valence-corrected chi connectivity index (χ0v) is 12.3. The maximum atomic E-state index is 10.7. The maximum absolute atomic E-state index is 10.7. The van der Waals surface area contributed by atoms with E-state index in [1.165, 1.54) is 12.1 Å². The molecule has 0 heterocycles. The van der Waals surface area contributed by atoms with Crippen LogP contribution in [0.1, 0.15) is 11.1 Å². The summed E-state index contributed by atoms with van der Waals surface area (Å²) in [5.74, 6) is 1.36. The largest absolute Gasteiger partial charge is 0.497 e. The third kappa shape index (κ3) is 3.35. The molecule has 2 rings (SSSR count). The molecule has 2 aromatic rings. The van der Waals surface area contributed by atoms with Crippen LogP contribution in [0.25, 0.3) is 12.2 Å². The summed E-state index contributed by atoms with van der Waals surface area (Å²) in [6.07, 6.45) is 3.61. The minimum Gasteiger partial charge on any atom is -0.497 e. The molecule has 0 fully saturated rings. The average molecular weight is 300 g/mol. The van der Waals surface area contributed by atoms with Crippen LogP contribution in [0.4, 0.5) is 11.4 Å². The lowest BCUT2D eigenvalue weighted by atomic mass is 10.1. The summed E-state index contributed by atoms with van der Waals surface area (Å²) in [5, 5.41) is 10.7. The zero-order chi connectivity index (χ0) is 16.1. The van der Waals surface area contributed by atoms with Gasteiger partial charge in [0, 0.05) is 29.4 Å². The number of nitrogens with zero attached hydrogens (tertiary/aromatic N) is 1. The van der Waals surface area contributed by atoms with E-state index in [0.717, 1.165) is 5.56 Å². The Morgan fingerprint density at radius 3 is 2.32 bits per heavy atom. The molecule has 2 aromatic carbocycles. The highest BCUT2D eigenvalue weighted by Gasteiger charge is 2.07. The second-order valence-electron chi connectivity index (χ2n) is 4.51. The predicted molar refractivity (Wildman–Crippen MR) is 86.0 cm³/mol. The Labute approximate surface area is 127 Å². The fourth-order valence-corrected chi connectivity index (χ4v) is 1.96. The summed E-state index contributed by atoms with van der Waals surface area (Å²) in [5.41, 5.74) is 7.69. The molecule has 0 unspecified atom stereocenters. The van der Waals surface area contributed by atoms with E-state index < -0.39 is 4.92 Å². The fraction of sp³-hybridized carbons (Fsp3) is 0.125. The van der Waals surface area contributed by atoms with Gasteiger partial charge in [0.1, 0.15) is 11.5 Å². The predicted octanol–water partition coefficient (Wildman–Crippen LogP) is 3.36. The van der Waals surface area contributed by atoms with Gasteiger partial charge in [0.15, 0.2) is 0 Å². The van der Waals surface area contributed by atoms with Crippen molar-refractivity contribution < 1.29 is 14.4 Å². The maximum Gasteiger partial charge on any atom is 0.271 e. The molecular formula is C16H16N2O4. The number of methoxy groups -OCH3 is 2. The van der Waals surface area contributed by atoms with Crippen LogP contribution < -0.4 is 15.2 Å². The van der Waals surface area contributed by atoms with Crippen LogP contribution in [0.2, 0.25) is 0 Å². The number of nitrogens with two attached hydrogens (primary N) is 1. The van der Waals surface area contributed by atoms with E-state index in [1.54, 1.807) is 32.4 Å². The smallest absolute Gasteiger partial charge is 0.271 e. The van der Waals surface area contributed by atoms with Crippen LogP contribution in [-0.4, -0.2) is 19.1 Å². The number of nitro benzene ring substituents is 1. The first kappa shape index (κ1) is 15.4. The van der Waals surface area contributed by atoms with Gasteiger partial charge in [-0.15, -0.1) is 0 Å². The molecule has 2 N–H and O–H groups in total. The third-order valence-corrected chi connectivity index (χ3v) is 3.16. The van der Waals surface area contributed by atoms with Crippen LogP contribution in [0.3, 0.4) is 0 Å². The fourth-order valence-electron chi connectivity index (χ4n) is 1.96. The van der Waals surface area contributed by atoms with Gasteiger partial charge in [0.05, 0.1) is 19.1 Å². The number of hydrogen-bond donors (Lipinski definition) is 1. The first-order chi connectivity index (χ1) is 10.5. The SMILES string of the molecule is COc1ccc(/C=C/c2ccc([N+](=O)[O-])cc2N)c(OC)c1. The monoisotopic (exact) mass is 300 g/mol. The van der Waals surface area contributed by atoms with E-state index in [0.29, 0.717) is 22.7 Å². The van der Waals surface area contributed by atoms with E-state index in [2.05, 4.69) is 0 Å². The molecule has 114 valence electrons. The molecule has 0 saturated heterocycles. The number of hydrogen-bond acceptors (Lipinski definition) is 5. The van der Waals surface area contributed by atoms with E-state index in [4.69, 9.17) is 15.2 Å². The first-order valence-electron chi connectivity index (χ1n) is 6.49. The molecule has 0 aromatic heterocycles. The third-order valence-electron chi connectivity index (χ3n) is 3.16. The molecule has 0 spiro atoms. The van der Waals surface area contributed by atoms with E-state index in [-0.39, 0.29) is 5.69 Å². The van der Waals surface area contributed by atoms with Gasteiger partial charge in [0.2, 0.25) is 0 Å². The van der Waals surface area contributed by atoms with Gasteiger partial charge < -0.3 is 15.2 Å². The van der Waals surface area contributed by atoms with Crippen LogP contribution in [-0.2, 0) is 0 Å². The molecule has 0 atom stereocenters. The lowest BCUT2D eigenvalue weighted by Crippen LogP contribution is -1.93. The minimum absolute atomic E-state index is 0.0309. The lowest BCUT2D eigenvalue weighted by Gasteiger charge is -2.07. The van der Waals surface area contributed by atoms with Crippen LogP contribution in [0.15, 0.2) is 36.4 Å². The second kappa shape index (κ2) is 6.62. The molecule has 0 radical (unpaired) electrons. The number of anilines is 1. The molecule has 0 aliphatic rings. The Kier molecular flexibility index (Phi) is 4.63. The highest BCUT2D eigenvalue weighted by atomic mass is 16.6. The van der Waals surface area contributed by atoms with Crippen molar-refractivity contribution in [3.63, 3.8) is 0 Å². The number of rotatable bonds is 5. The molecule has 0 amide bonds. The van der Waals surface area contributed by atoms with Crippen molar-refractivity contribution in [1.29, 1.82) is 0 Å². The summed E-state index contributed by atoms with van der Waals surface area (Å²) in [7, 11) is 3.16. The molecule has 6 heteroatoms. The summed E-state index contributed by atoms with van der Waals surface area (Å²) in [6, 6.07) is 9.82. The number of ether oxygens (including phenoxy) is 2. The normalized spacial score (nSPS) is 10.6. The summed E-state index contributed by atoms with van der Waals surface area (Å²) in [6.45, 7) is 0. The minimum atomic E-state index is -0.476. The topological polar surface area (TPSA) is 87.6 Å². The van der Waals surface area contributed by atoms with Crippen LogP contribution in [0, 0.1) is 10.1 Å². The van der Waals surface area contributed by atoms with Crippen molar-refractivity contribution in [3.8, 4) is 11.5 Å². The van der Waals surface area contributed by atoms with Gasteiger partial charge in [-0.2, -0.15) is 0 Å². The highest BCUT2D eigenvalue weighted by molar-refractivity contribution is 5.78. The number of nitro groups is 1. The molecule has 6 nitrogen and oxygen atoms in total. The van der Waals surface area contributed by atoms with Gasteiger partial charge >= 0.3 is 0 Å². The van der Waals surface area contributed by atoms with Gasteiger partial charge in [-0.1, -0.05) is 12.2 Å². The first-order valence-corrected chi connectivity index (χ1v) is 6.49. The summed E-state index contributed by atoms with van der Waals surface area (Å²) in [4.78, 5) is 10.2. The molecule has 0 bridgehead atoms. The van der Waals surface area contributed by atoms with Crippen LogP contribution in [0.5, 0.6) is 11.5 Å². The quantitative estimate of drug-likeness (QED) is 0.396. The van der Waals surface area contributed by atoms with Gasteiger partial charge in [-0.25, -0.2) is 0 Å². The van der Waals surface area contributed by atoms with Crippen molar-refractivity contribution in [3.05, 3.63) is 57.6 Å². The molecule has 22 heavy (non-hydrogen) atoms. The Bertz CT molecular complexity index is 726. The molecule has 0 aliphatic heterocycles. The zero-order valence-electron chi connectivity index (χ0n) is 12.3. The van der Waals surface area contributed by atoms with Crippen LogP contribution >= 0.6 is 0 Å². The van der Waals surface area contributed by atoms with Crippen molar-refractivity contribution in [2.45, 2.75) is 0 Å². The summed E-state index contributed by atoms with van der Waals surface area (Å²) < 4.78 is 10.4. The highest BCUT2D eigenvalue weighted by Crippen LogP contribution is 2.27. The van der Waals surface area contributed by atoms with Crippen molar-refractivity contribution in [2.24, 2.45) is 0 Å². The Balaban J connectivity index is 2.30. The Morgan fingerprint density at radius 2 is 1.73 bits per heavy atom. The van der Waals surface area contributed by atoms with Gasteiger partial charge in [-0.3, -0.25) is 10.1 Å². The van der Waals surface area contributed by atoms with E-state index >= 15 is 0 Å². The lowest BCUT2D eigenvalue weighted by molar-refractivity contribution is -0.384.